The molecule has 4 nitrogen and oxygen atoms in total. The predicted octanol–water partition coefficient (Wildman–Crippen LogP) is 1.78. The standard InChI is InChI=1S/C16H14N2O2/c19-15-14(13-6-2-1-3-7-13)11-18(16(15)20)10-12-5-4-8-17-9-12/h1-9,14H,10-11H2. The monoisotopic (exact) mass is 266 g/mol. The van der Waals surface area contributed by atoms with Gasteiger partial charge in [-0.25, -0.2) is 0 Å². The quantitative estimate of drug-likeness (QED) is 0.796. The van der Waals surface area contributed by atoms with E-state index in [1.807, 2.05) is 42.5 Å². The normalized spacial score (nSPS) is 18.6. The number of carbonyl (C=O) groups excluding carboxylic acids is 2. The van der Waals surface area contributed by atoms with Crippen molar-refractivity contribution in [2.75, 3.05) is 6.54 Å². The van der Waals surface area contributed by atoms with Crippen molar-refractivity contribution in [2.24, 2.45) is 0 Å². The van der Waals surface area contributed by atoms with Gasteiger partial charge in [0, 0.05) is 25.5 Å². The van der Waals surface area contributed by atoms with Crippen LogP contribution in [0, 0.1) is 0 Å². The zero-order chi connectivity index (χ0) is 13.9. The number of aromatic nitrogens is 1. The van der Waals surface area contributed by atoms with Gasteiger partial charge >= 0.3 is 0 Å². The first-order chi connectivity index (χ1) is 9.75. The smallest absolute Gasteiger partial charge is 0.291 e. The molecule has 0 aliphatic carbocycles. The fourth-order valence-corrected chi connectivity index (χ4v) is 2.48. The molecular weight excluding hydrogens is 252 g/mol. The Hall–Kier alpha value is -2.49. The van der Waals surface area contributed by atoms with Crippen LogP contribution in [0.2, 0.25) is 0 Å². The number of benzene rings is 1. The third-order valence-electron chi connectivity index (χ3n) is 3.52. The van der Waals surface area contributed by atoms with Gasteiger partial charge in [-0.2, -0.15) is 0 Å². The maximum Gasteiger partial charge on any atom is 0.291 e. The minimum Gasteiger partial charge on any atom is -0.331 e. The molecule has 1 unspecified atom stereocenters. The lowest BCUT2D eigenvalue weighted by Crippen LogP contribution is -2.26. The molecule has 1 aromatic carbocycles. The van der Waals surface area contributed by atoms with E-state index in [1.165, 1.54) is 0 Å². The maximum absolute atomic E-state index is 12.1. The maximum atomic E-state index is 12.1. The molecular formula is C16H14N2O2. The molecule has 4 heteroatoms. The Morgan fingerprint density at radius 2 is 1.90 bits per heavy atom. The molecule has 3 rings (SSSR count). The lowest BCUT2D eigenvalue weighted by atomic mass is 9.97. The van der Waals surface area contributed by atoms with Crippen molar-refractivity contribution >= 4 is 11.7 Å². The molecule has 0 saturated carbocycles. The summed E-state index contributed by atoms with van der Waals surface area (Å²) in [5, 5.41) is 0. The van der Waals surface area contributed by atoms with E-state index in [2.05, 4.69) is 4.98 Å². The highest BCUT2D eigenvalue weighted by atomic mass is 16.2. The summed E-state index contributed by atoms with van der Waals surface area (Å²) in [5.41, 5.74) is 1.84. The third-order valence-corrected chi connectivity index (χ3v) is 3.52. The van der Waals surface area contributed by atoms with Crippen LogP contribution in [0.1, 0.15) is 17.0 Å². The van der Waals surface area contributed by atoms with Crippen LogP contribution in [0.25, 0.3) is 0 Å². The molecule has 1 aliphatic rings. The van der Waals surface area contributed by atoms with Crippen LogP contribution in [0.5, 0.6) is 0 Å². The van der Waals surface area contributed by atoms with Gasteiger partial charge in [0.15, 0.2) is 0 Å². The molecule has 2 aromatic rings. The number of amides is 1. The molecule has 1 amide bonds. The number of hydrogen-bond donors (Lipinski definition) is 0. The molecule has 0 radical (unpaired) electrons. The lowest BCUT2D eigenvalue weighted by molar-refractivity contribution is -0.140. The molecule has 1 saturated heterocycles. The van der Waals surface area contributed by atoms with Crippen molar-refractivity contribution in [1.82, 2.24) is 9.88 Å². The number of rotatable bonds is 3. The molecule has 100 valence electrons. The van der Waals surface area contributed by atoms with E-state index in [0.717, 1.165) is 11.1 Å². The van der Waals surface area contributed by atoms with Crippen LogP contribution in [0.3, 0.4) is 0 Å². The second kappa shape index (κ2) is 5.25. The Labute approximate surface area is 117 Å². The second-order valence-electron chi connectivity index (χ2n) is 4.87. The van der Waals surface area contributed by atoms with Gasteiger partial charge in [0.2, 0.25) is 5.78 Å². The number of hydrogen-bond acceptors (Lipinski definition) is 3. The first-order valence-corrected chi connectivity index (χ1v) is 6.52. The molecule has 0 spiro atoms. The average molecular weight is 266 g/mol. The molecule has 20 heavy (non-hydrogen) atoms. The Balaban J connectivity index is 1.79. The van der Waals surface area contributed by atoms with Gasteiger partial charge in [0.1, 0.15) is 0 Å². The van der Waals surface area contributed by atoms with E-state index in [-0.39, 0.29) is 11.7 Å². The van der Waals surface area contributed by atoms with E-state index in [9.17, 15) is 9.59 Å². The summed E-state index contributed by atoms with van der Waals surface area (Å²) in [5.74, 6) is -1.07. The number of Topliss-reactive ketones (excluding diaryl/α,β-unsaturated/α-hetero) is 1. The highest BCUT2D eigenvalue weighted by Crippen LogP contribution is 2.26. The van der Waals surface area contributed by atoms with Crippen molar-refractivity contribution in [3.8, 4) is 0 Å². The Morgan fingerprint density at radius 1 is 1.10 bits per heavy atom. The number of ketones is 1. The second-order valence-corrected chi connectivity index (χ2v) is 4.87. The summed E-state index contributed by atoms with van der Waals surface area (Å²) in [4.78, 5) is 29.8. The summed E-state index contributed by atoms with van der Waals surface area (Å²) in [6.07, 6.45) is 3.40. The number of nitrogens with zero attached hydrogens (tertiary/aromatic N) is 2. The van der Waals surface area contributed by atoms with Crippen LogP contribution in [0.15, 0.2) is 54.9 Å². The molecule has 0 bridgehead atoms. The Kier molecular flexibility index (Phi) is 3.29. The van der Waals surface area contributed by atoms with Crippen LogP contribution >= 0.6 is 0 Å². The number of pyridine rings is 1. The number of carbonyl (C=O) groups is 2. The van der Waals surface area contributed by atoms with Crippen LogP contribution in [0.4, 0.5) is 0 Å². The van der Waals surface area contributed by atoms with Gasteiger partial charge in [-0.1, -0.05) is 36.4 Å². The molecule has 1 fully saturated rings. The van der Waals surface area contributed by atoms with Gasteiger partial charge in [-0.15, -0.1) is 0 Å². The highest BCUT2D eigenvalue weighted by molar-refractivity contribution is 6.40. The first kappa shape index (κ1) is 12.5. The van der Waals surface area contributed by atoms with Crippen LogP contribution in [-0.4, -0.2) is 28.1 Å². The summed E-state index contributed by atoms with van der Waals surface area (Å²) in [6, 6.07) is 13.2. The van der Waals surface area contributed by atoms with E-state index in [0.29, 0.717) is 13.1 Å². The van der Waals surface area contributed by atoms with E-state index in [1.54, 1.807) is 17.3 Å². The average Bonchev–Trinajstić information content (AvgIpc) is 2.78. The molecule has 2 heterocycles. The molecule has 1 aliphatic heterocycles. The number of likely N-dealkylation sites (tertiary alicyclic amines) is 1. The van der Waals surface area contributed by atoms with Crippen molar-refractivity contribution in [1.29, 1.82) is 0 Å². The fraction of sp³-hybridized carbons (Fsp3) is 0.188. The fourth-order valence-electron chi connectivity index (χ4n) is 2.48. The van der Waals surface area contributed by atoms with Gasteiger partial charge in [0.05, 0.1) is 5.92 Å². The Morgan fingerprint density at radius 3 is 2.60 bits per heavy atom. The van der Waals surface area contributed by atoms with E-state index in [4.69, 9.17) is 0 Å². The van der Waals surface area contributed by atoms with E-state index >= 15 is 0 Å². The summed E-state index contributed by atoms with van der Waals surface area (Å²) in [7, 11) is 0. The molecule has 1 aromatic heterocycles. The SMILES string of the molecule is O=C1C(=O)N(Cc2cccnc2)CC1c1ccccc1. The van der Waals surface area contributed by atoms with Gasteiger partial charge in [-0.3, -0.25) is 14.6 Å². The minimum absolute atomic E-state index is 0.319. The minimum atomic E-state index is -0.400. The summed E-state index contributed by atoms with van der Waals surface area (Å²) >= 11 is 0. The Bertz CT molecular complexity index is 625. The summed E-state index contributed by atoms with van der Waals surface area (Å²) < 4.78 is 0. The zero-order valence-electron chi connectivity index (χ0n) is 10.9. The van der Waals surface area contributed by atoms with Crippen LogP contribution in [-0.2, 0) is 16.1 Å². The van der Waals surface area contributed by atoms with Gasteiger partial charge < -0.3 is 4.90 Å². The van der Waals surface area contributed by atoms with Crippen molar-refractivity contribution in [2.45, 2.75) is 12.5 Å². The third kappa shape index (κ3) is 2.32. The largest absolute Gasteiger partial charge is 0.331 e. The molecule has 0 N–H and O–H groups in total. The van der Waals surface area contributed by atoms with Crippen molar-refractivity contribution in [3.05, 3.63) is 66.0 Å². The highest BCUT2D eigenvalue weighted by Gasteiger charge is 2.39. The molecule has 1 atom stereocenters. The predicted molar refractivity (Wildman–Crippen MR) is 73.8 cm³/mol. The summed E-state index contributed by atoms with van der Waals surface area (Å²) in [6.45, 7) is 0.873. The first-order valence-electron chi connectivity index (χ1n) is 6.52. The van der Waals surface area contributed by atoms with Crippen molar-refractivity contribution < 1.29 is 9.59 Å². The van der Waals surface area contributed by atoms with Crippen molar-refractivity contribution in [3.63, 3.8) is 0 Å². The van der Waals surface area contributed by atoms with Gasteiger partial charge in [0.25, 0.3) is 5.91 Å². The zero-order valence-corrected chi connectivity index (χ0v) is 10.9. The van der Waals surface area contributed by atoms with Crippen LogP contribution < -0.4 is 0 Å². The topological polar surface area (TPSA) is 50.3 Å². The lowest BCUT2D eigenvalue weighted by Gasteiger charge is -2.15. The van der Waals surface area contributed by atoms with Gasteiger partial charge in [-0.05, 0) is 17.2 Å². The van der Waals surface area contributed by atoms with E-state index < -0.39 is 5.91 Å².